The number of aryl methyl sites for hydroxylation is 1. The third kappa shape index (κ3) is 6.52. The third-order valence-electron chi connectivity index (χ3n) is 4.65. The number of methoxy groups -OCH3 is 3. The van der Waals surface area contributed by atoms with Crippen molar-refractivity contribution in [3.05, 3.63) is 47.0 Å². The van der Waals surface area contributed by atoms with Crippen molar-refractivity contribution in [1.29, 1.82) is 0 Å². The van der Waals surface area contributed by atoms with Gasteiger partial charge in [-0.15, -0.1) is 0 Å². The summed E-state index contributed by atoms with van der Waals surface area (Å²) in [5.74, 6) is 2.55. The summed E-state index contributed by atoms with van der Waals surface area (Å²) in [5.41, 5.74) is 2.47. The molecule has 2 aromatic carbocycles. The molecule has 0 unspecified atom stereocenters. The lowest BCUT2D eigenvalue weighted by Crippen LogP contribution is -2.37. The highest BCUT2D eigenvalue weighted by molar-refractivity contribution is 7.90. The maximum absolute atomic E-state index is 11.8. The van der Waals surface area contributed by atoms with Crippen LogP contribution in [0.4, 0.5) is 0 Å². The summed E-state index contributed by atoms with van der Waals surface area (Å²) in [7, 11) is 1.54. The molecule has 8 nitrogen and oxygen atoms in total. The lowest BCUT2D eigenvalue weighted by molar-refractivity contribution is 0.368. The Hall–Kier alpha value is -2.94. The molecule has 0 radical (unpaired) electrons. The zero-order chi connectivity index (χ0) is 23.0. The van der Waals surface area contributed by atoms with Crippen LogP contribution in [0.3, 0.4) is 0 Å². The van der Waals surface area contributed by atoms with Gasteiger partial charge in [0, 0.05) is 24.9 Å². The highest BCUT2D eigenvalue weighted by Gasteiger charge is 2.14. The number of hydrogen-bond donors (Lipinski definition) is 2. The molecular weight excluding hydrogens is 418 g/mol. The van der Waals surface area contributed by atoms with Crippen LogP contribution in [0.5, 0.6) is 17.2 Å². The summed E-state index contributed by atoms with van der Waals surface area (Å²) in [6, 6.07) is 8.86. The van der Waals surface area contributed by atoms with Crippen LogP contribution >= 0.6 is 0 Å². The Balaban J connectivity index is 2.20. The Labute approximate surface area is 184 Å². The van der Waals surface area contributed by atoms with Gasteiger partial charge in [-0.05, 0) is 31.0 Å². The van der Waals surface area contributed by atoms with E-state index in [-0.39, 0.29) is 0 Å². The topological polar surface area (TPSA) is 98.3 Å². The molecule has 0 amide bonds. The van der Waals surface area contributed by atoms with Gasteiger partial charge in [0.2, 0.25) is 0 Å². The zero-order valence-corrected chi connectivity index (χ0v) is 19.7. The molecule has 0 aliphatic heterocycles. The SMILES string of the molecule is CCNC(=NCc1ccc(S(C)(=O)=O)c(C)c1)NCc1c(OC)cc(OC)cc1OC. The average molecular weight is 450 g/mol. The smallest absolute Gasteiger partial charge is 0.191 e. The minimum atomic E-state index is -3.24. The van der Waals surface area contributed by atoms with Gasteiger partial charge in [-0.1, -0.05) is 12.1 Å². The number of hydrogen-bond acceptors (Lipinski definition) is 6. The lowest BCUT2D eigenvalue weighted by Gasteiger charge is -2.17. The molecule has 170 valence electrons. The fourth-order valence-electron chi connectivity index (χ4n) is 3.16. The van der Waals surface area contributed by atoms with Crippen molar-refractivity contribution in [1.82, 2.24) is 10.6 Å². The lowest BCUT2D eigenvalue weighted by atomic mass is 10.1. The summed E-state index contributed by atoms with van der Waals surface area (Å²) >= 11 is 0. The van der Waals surface area contributed by atoms with Gasteiger partial charge < -0.3 is 24.8 Å². The van der Waals surface area contributed by atoms with Crippen LogP contribution in [0.15, 0.2) is 40.2 Å². The van der Waals surface area contributed by atoms with E-state index in [1.807, 2.05) is 13.0 Å². The van der Waals surface area contributed by atoms with Gasteiger partial charge in [-0.2, -0.15) is 0 Å². The monoisotopic (exact) mass is 449 g/mol. The molecular formula is C22H31N3O5S. The van der Waals surface area contributed by atoms with E-state index in [0.717, 1.165) is 11.1 Å². The Morgan fingerprint density at radius 1 is 1.00 bits per heavy atom. The number of nitrogens with zero attached hydrogens (tertiary/aromatic N) is 1. The molecule has 2 aromatic rings. The Morgan fingerprint density at radius 2 is 1.65 bits per heavy atom. The summed E-state index contributed by atoms with van der Waals surface area (Å²) in [5, 5.41) is 6.49. The molecule has 0 bridgehead atoms. The van der Waals surface area contributed by atoms with Crippen molar-refractivity contribution < 1.29 is 22.6 Å². The molecule has 0 aromatic heterocycles. The second kappa shape index (κ2) is 10.9. The third-order valence-corrected chi connectivity index (χ3v) is 5.91. The average Bonchev–Trinajstić information content (AvgIpc) is 2.74. The van der Waals surface area contributed by atoms with Gasteiger partial charge in [0.1, 0.15) is 17.2 Å². The molecule has 0 heterocycles. The molecule has 0 aliphatic carbocycles. The van der Waals surface area contributed by atoms with E-state index in [0.29, 0.717) is 53.3 Å². The fourth-order valence-corrected chi connectivity index (χ4v) is 4.12. The van der Waals surface area contributed by atoms with Crippen molar-refractivity contribution in [2.24, 2.45) is 4.99 Å². The van der Waals surface area contributed by atoms with E-state index >= 15 is 0 Å². The Bertz CT molecular complexity index is 1010. The molecule has 0 spiro atoms. The first-order valence-electron chi connectivity index (χ1n) is 9.84. The van der Waals surface area contributed by atoms with Crippen molar-refractivity contribution in [3.63, 3.8) is 0 Å². The quantitative estimate of drug-likeness (QED) is 0.449. The summed E-state index contributed by atoms with van der Waals surface area (Å²) in [4.78, 5) is 4.95. The van der Waals surface area contributed by atoms with Crippen LogP contribution in [0.1, 0.15) is 23.6 Å². The van der Waals surface area contributed by atoms with E-state index < -0.39 is 9.84 Å². The second-order valence-electron chi connectivity index (χ2n) is 6.93. The van der Waals surface area contributed by atoms with Gasteiger partial charge in [0.15, 0.2) is 15.8 Å². The fraction of sp³-hybridized carbons (Fsp3) is 0.409. The normalized spacial score (nSPS) is 11.7. The first kappa shape index (κ1) is 24.3. The minimum Gasteiger partial charge on any atom is -0.496 e. The Kier molecular flexibility index (Phi) is 8.56. The van der Waals surface area contributed by atoms with Crippen LogP contribution in [0.2, 0.25) is 0 Å². The predicted molar refractivity (Wildman–Crippen MR) is 122 cm³/mol. The Morgan fingerprint density at radius 3 is 2.13 bits per heavy atom. The highest BCUT2D eigenvalue weighted by Crippen LogP contribution is 2.33. The molecule has 0 fully saturated rings. The number of nitrogens with one attached hydrogen (secondary N) is 2. The molecule has 31 heavy (non-hydrogen) atoms. The second-order valence-corrected chi connectivity index (χ2v) is 8.92. The first-order chi connectivity index (χ1) is 14.7. The minimum absolute atomic E-state index is 0.337. The molecule has 0 aliphatic rings. The molecule has 9 heteroatoms. The van der Waals surface area contributed by atoms with Gasteiger partial charge in [0.05, 0.1) is 44.9 Å². The molecule has 2 rings (SSSR count). The van der Waals surface area contributed by atoms with E-state index in [4.69, 9.17) is 14.2 Å². The zero-order valence-electron chi connectivity index (χ0n) is 18.9. The summed E-state index contributed by atoms with van der Waals surface area (Å²) in [6.45, 7) is 5.28. The number of aliphatic imine (C=N–C) groups is 1. The van der Waals surface area contributed by atoms with Crippen molar-refractivity contribution in [3.8, 4) is 17.2 Å². The van der Waals surface area contributed by atoms with Crippen LogP contribution in [-0.4, -0.2) is 48.5 Å². The van der Waals surface area contributed by atoms with Crippen molar-refractivity contribution in [2.45, 2.75) is 31.8 Å². The summed E-state index contributed by atoms with van der Waals surface area (Å²) < 4.78 is 39.9. The van der Waals surface area contributed by atoms with Crippen LogP contribution < -0.4 is 24.8 Å². The molecule has 0 atom stereocenters. The largest absolute Gasteiger partial charge is 0.496 e. The number of ether oxygens (including phenoxy) is 3. The maximum Gasteiger partial charge on any atom is 0.191 e. The molecule has 2 N–H and O–H groups in total. The van der Waals surface area contributed by atoms with E-state index in [2.05, 4.69) is 15.6 Å². The number of rotatable bonds is 9. The van der Waals surface area contributed by atoms with E-state index in [9.17, 15) is 8.42 Å². The number of benzene rings is 2. The number of guanidine groups is 1. The molecule has 0 saturated heterocycles. The van der Waals surface area contributed by atoms with Gasteiger partial charge in [-0.25, -0.2) is 13.4 Å². The van der Waals surface area contributed by atoms with E-state index in [1.54, 1.807) is 52.5 Å². The highest BCUT2D eigenvalue weighted by atomic mass is 32.2. The maximum atomic E-state index is 11.8. The van der Waals surface area contributed by atoms with Gasteiger partial charge >= 0.3 is 0 Å². The van der Waals surface area contributed by atoms with E-state index in [1.165, 1.54) is 6.26 Å². The van der Waals surface area contributed by atoms with Gasteiger partial charge in [0.25, 0.3) is 0 Å². The van der Waals surface area contributed by atoms with Crippen LogP contribution in [-0.2, 0) is 22.9 Å². The van der Waals surface area contributed by atoms with Gasteiger partial charge in [-0.3, -0.25) is 0 Å². The van der Waals surface area contributed by atoms with Crippen molar-refractivity contribution >= 4 is 15.8 Å². The van der Waals surface area contributed by atoms with Crippen molar-refractivity contribution in [2.75, 3.05) is 34.1 Å². The van der Waals surface area contributed by atoms with Crippen LogP contribution in [0.25, 0.3) is 0 Å². The first-order valence-corrected chi connectivity index (χ1v) is 11.7. The standard InChI is InChI=1S/C22H31N3O5S/c1-7-23-22(24-13-16-8-9-21(15(2)10-16)31(6,26)27)25-14-18-19(29-4)11-17(28-3)12-20(18)30-5/h8-12H,7,13-14H2,1-6H3,(H2,23,24,25). The predicted octanol–water partition coefficient (Wildman–Crippen LogP) is 2.68. The number of sulfone groups is 1. The summed E-state index contributed by atoms with van der Waals surface area (Å²) in [6.07, 6.45) is 1.21. The molecule has 0 saturated carbocycles. The van der Waals surface area contributed by atoms with Crippen LogP contribution in [0, 0.1) is 6.92 Å².